The fraction of sp³-hybridized carbons (Fsp3) is 0.375. The van der Waals surface area contributed by atoms with Crippen LogP contribution in [0.25, 0.3) is 0 Å². The van der Waals surface area contributed by atoms with Crippen LogP contribution in [-0.4, -0.2) is 28.0 Å². The number of nitro groups is 1. The Morgan fingerprint density at radius 1 is 1.36 bits per heavy atom. The highest BCUT2D eigenvalue weighted by molar-refractivity contribution is 6.30. The van der Waals surface area contributed by atoms with Crippen molar-refractivity contribution in [2.75, 3.05) is 29.0 Å². The number of nitrogen functional groups attached to an aromatic ring is 1. The Labute approximate surface area is 150 Å². The first kappa shape index (κ1) is 17.2. The lowest BCUT2D eigenvalue weighted by atomic mass is 10.0. The van der Waals surface area contributed by atoms with Gasteiger partial charge in [0.2, 0.25) is 17.6 Å². The van der Waals surface area contributed by atoms with Gasteiger partial charge in [0.05, 0.1) is 4.92 Å². The predicted molar refractivity (Wildman–Crippen MR) is 98.4 cm³/mol. The molecule has 8 nitrogen and oxygen atoms in total. The fourth-order valence-electron chi connectivity index (χ4n) is 2.96. The van der Waals surface area contributed by atoms with Gasteiger partial charge in [-0.15, -0.1) is 0 Å². The van der Waals surface area contributed by atoms with E-state index in [1.807, 2.05) is 4.90 Å². The summed E-state index contributed by atoms with van der Waals surface area (Å²) in [5.74, 6) is 0.779. The van der Waals surface area contributed by atoms with E-state index in [0.29, 0.717) is 24.0 Å². The minimum atomic E-state index is -0.518. The lowest BCUT2D eigenvalue weighted by Crippen LogP contribution is -2.35. The Morgan fingerprint density at radius 2 is 2.08 bits per heavy atom. The Morgan fingerprint density at radius 3 is 2.72 bits per heavy atom. The summed E-state index contributed by atoms with van der Waals surface area (Å²) in [7, 11) is 0. The van der Waals surface area contributed by atoms with E-state index in [0.717, 1.165) is 18.5 Å². The zero-order valence-corrected chi connectivity index (χ0v) is 14.5. The lowest BCUT2D eigenvalue weighted by Gasteiger charge is -2.31. The summed E-state index contributed by atoms with van der Waals surface area (Å²) in [6.45, 7) is 3.54. The van der Waals surface area contributed by atoms with Crippen LogP contribution in [0, 0.1) is 16.0 Å². The van der Waals surface area contributed by atoms with Crippen LogP contribution in [0.5, 0.6) is 0 Å². The van der Waals surface area contributed by atoms with Crippen molar-refractivity contribution in [2.24, 2.45) is 5.92 Å². The van der Waals surface area contributed by atoms with Gasteiger partial charge in [0.1, 0.15) is 0 Å². The Bertz CT molecular complexity index is 783. The Balaban J connectivity index is 1.97. The average molecular weight is 363 g/mol. The average Bonchev–Trinajstić information content (AvgIpc) is 2.56. The first-order chi connectivity index (χ1) is 11.9. The number of hydrogen-bond donors (Lipinski definition) is 2. The normalized spacial score (nSPS) is 17.4. The van der Waals surface area contributed by atoms with Crippen LogP contribution >= 0.6 is 11.6 Å². The molecule has 1 aromatic carbocycles. The van der Waals surface area contributed by atoms with Crippen molar-refractivity contribution in [1.29, 1.82) is 0 Å². The molecule has 3 rings (SSSR count). The third kappa shape index (κ3) is 3.90. The topological polar surface area (TPSA) is 110 Å². The highest BCUT2D eigenvalue weighted by atomic mass is 35.5. The molecule has 25 heavy (non-hydrogen) atoms. The van der Waals surface area contributed by atoms with E-state index >= 15 is 0 Å². The molecule has 0 spiro atoms. The van der Waals surface area contributed by atoms with Crippen molar-refractivity contribution >= 4 is 40.6 Å². The molecule has 0 unspecified atom stereocenters. The summed E-state index contributed by atoms with van der Waals surface area (Å²) in [6, 6.07) is 7.00. The molecule has 1 aliphatic heterocycles. The molecule has 9 heteroatoms. The minimum absolute atomic E-state index is 0.148. The first-order valence-corrected chi connectivity index (χ1v) is 8.41. The number of benzene rings is 1. The second-order valence-electron chi connectivity index (χ2n) is 6.19. The van der Waals surface area contributed by atoms with E-state index in [9.17, 15) is 10.1 Å². The largest absolute Gasteiger partial charge is 0.378 e. The minimum Gasteiger partial charge on any atom is -0.378 e. The van der Waals surface area contributed by atoms with Crippen molar-refractivity contribution in [2.45, 2.75) is 19.8 Å². The zero-order valence-electron chi connectivity index (χ0n) is 13.8. The summed E-state index contributed by atoms with van der Waals surface area (Å²) in [5.41, 5.74) is 6.34. The van der Waals surface area contributed by atoms with Gasteiger partial charge in [-0.25, -0.2) is 0 Å². The molecule has 1 fully saturated rings. The number of nitrogens with zero attached hydrogens (tertiary/aromatic N) is 4. The number of aromatic nitrogens is 2. The maximum absolute atomic E-state index is 11.5. The van der Waals surface area contributed by atoms with Crippen LogP contribution in [-0.2, 0) is 0 Å². The van der Waals surface area contributed by atoms with Gasteiger partial charge in [-0.2, -0.15) is 9.97 Å². The lowest BCUT2D eigenvalue weighted by molar-refractivity contribution is -0.383. The number of rotatable bonds is 4. The molecule has 1 aliphatic rings. The van der Waals surface area contributed by atoms with Gasteiger partial charge in [0.15, 0.2) is 0 Å². The molecule has 0 bridgehead atoms. The maximum atomic E-state index is 11.5. The van der Waals surface area contributed by atoms with Crippen molar-refractivity contribution in [1.82, 2.24) is 9.97 Å². The number of nitrogens with two attached hydrogens (primary N) is 1. The maximum Gasteiger partial charge on any atom is 0.353 e. The van der Waals surface area contributed by atoms with Gasteiger partial charge in [-0.3, -0.25) is 10.1 Å². The van der Waals surface area contributed by atoms with Crippen molar-refractivity contribution < 1.29 is 4.92 Å². The van der Waals surface area contributed by atoms with Gasteiger partial charge < -0.3 is 16.0 Å². The molecular weight excluding hydrogens is 344 g/mol. The second-order valence-corrected chi connectivity index (χ2v) is 6.62. The molecule has 3 N–H and O–H groups in total. The van der Waals surface area contributed by atoms with E-state index in [1.165, 1.54) is 0 Å². The summed E-state index contributed by atoms with van der Waals surface area (Å²) in [4.78, 5) is 21.3. The second kappa shape index (κ2) is 7.10. The molecule has 1 saturated heterocycles. The monoisotopic (exact) mass is 362 g/mol. The number of piperidine rings is 1. The highest BCUT2D eigenvalue weighted by Crippen LogP contribution is 2.34. The van der Waals surface area contributed by atoms with Gasteiger partial charge in [-0.1, -0.05) is 18.5 Å². The molecule has 2 heterocycles. The van der Waals surface area contributed by atoms with E-state index in [-0.39, 0.29) is 23.3 Å². The van der Waals surface area contributed by atoms with Crippen LogP contribution in [0.1, 0.15) is 19.8 Å². The van der Waals surface area contributed by atoms with E-state index in [2.05, 4.69) is 22.2 Å². The van der Waals surface area contributed by atoms with Crippen molar-refractivity contribution in [3.8, 4) is 0 Å². The molecule has 0 radical (unpaired) electrons. The number of halogens is 1. The summed E-state index contributed by atoms with van der Waals surface area (Å²) in [6.07, 6.45) is 2.06. The summed E-state index contributed by atoms with van der Waals surface area (Å²) >= 11 is 5.88. The van der Waals surface area contributed by atoms with E-state index < -0.39 is 4.92 Å². The van der Waals surface area contributed by atoms with E-state index in [4.69, 9.17) is 17.3 Å². The standard InChI is InChI=1S/C16H19ClN6O2/c1-10-3-2-8-22(9-10)15-13(23(24)25)14(18)20-16(21-15)19-12-6-4-11(17)5-7-12/h4-7,10H,2-3,8-9H2,1H3,(H3,18,19,20,21)/t10-/m0/s1. The number of hydrogen-bond acceptors (Lipinski definition) is 7. The van der Waals surface area contributed by atoms with E-state index in [1.54, 1.807) is 24.3 Å². The SMILES string of the molecule is C[C@H]1CCCN(c2nc(Nc3ccc(Cl)cc3)nc(N)c2[N+](=O)[O-])C1. The molecule has 1 aromatic heterocycles. The molecule has 1 atom stereocenters. The summed E-state index contributed by atoms with van der Waals surface area (Å²) < 4.78 is 0. The molecule has 132 valence electrons. The van der Waals surface area contributed by atoms with Gasteiger partial charge in [0, 0.05) is 23.8 Å². The van der Waals surface area contributed by atoms with Gasteiger partial charge >= 0.3 is 5.69 Å². The predicted octanol–water partition coefficient (Wildman–Crippen LogP) is 3.60. The Hall–Kier alpha value is -2.61. The van der Waals surface area contributed by atoms with Crippen LogP contribution in [0.15, 0.2) is 24.3 Å². The number of anilines is 4. The molecule has 0 aliphatic carbocycles. The quantitative estimate of drug-likeness (QED) is 0.631. The van der Waals surface area contributed by atoms with Crippen LogP contribution in [0.3, 0.4) is 0 Å². The summed E-state index contributed by atoms with van der Waals surface area (Å²) in [5, 5.41) is 15.1. The van der Waals surface area contributed by atoms with Crippen LogP contribution in [0.2, 0.25) is 5.02 Å². The highest BCUT2D eigenvalue weighted by Gasteiger charge is 2.29. The zero-order chi connectivity index (χ0) is 18.0. The molecule has 2 aromatic rings. The first-order valence-electron chi connectivity index (χ1n) is 8.03. The van der Waals surface area contributed by atoms with Crippen LogP contribution < -0.4 is 16.0 Å². The molecular formula is C16H19ClN6O2. The van der Waals surface area contributed by atoms with Gasteiger partial charge in [-0.05, 0) is 43.0 Å². The number of nitrogens with one attached hydrogen (secondary N) is 1. The van der Waals surface area contributed by atoms with Crippen molar-refractivity contribution in [3.05, 3.63) is 39.4 Å². The fourth-order valence-corrected chi connectivity index (χ4v) is 3.08. The van der Waals surface area contributed by atoms with Crippen LogP contribution in [0.4, 0.5) is 29.0 Å². The molecule has 0 saturated carbocycles. The Kier molecular flexibility index (Phi) is 4.89. The third-order valence-corrected chi connectivity index (χ3v) is 4.38. The smallest absolute Gasteiger partial charge is 0.353 e. The van der Waals surface area contributed by atoms with Gasteiger partial charge in [0.25, 0.3) is 0 Å². The van der Waals surface area contributed by atoms with Crippen molar-refractivity contribution in [3.63, 3.8) is 0 Å². The molecule has 0 amide bonds. The third-order valence-electron chi connectivity index (χ3n) is 4.13.